The number of para-hydroxylation sites is 1. The Morgan fingerprint density at radius 1 is 0.974 bits per heavy atom. The number of benzene rings is 1. The lowest BCUT2D eigenvalue weighted by Gasteiger charge is -2.25. The first-order chi connectivity index (χ1) is 18.6. The van der Waals surface area contributed by atoms with Crippen LogP contribution in [0.1, 0.15) is 31.5 Å². The fourth-order valence-electron chi connectivity index (χ4n) is 4.16. The van der Waals surface area contributed by atoms with Crippen molar-refractivity contribution < 1.29 is 24.3 Å². The highest BCUT2D eigenvalue weighted by Gasteiger charge is 2.31. The number of H-pyrrole nitrogens is 2. The van der Waals surface area contributed by atoms with Crippen LogP contribution in [0.3, 0.4) is 0 Å². The van der Waals surface area contributed by atoms with E-state index < -0.39 is 47.9 Å². The number of imidazole rings is 1. The van der Waals surface area contributed by atoms with Crippen LogP contribution in [0, 0.1) is 5.92 Å². The maximum absolute atomic E-state index is 13.4. The fourth-order valence-corrected chi connectivity index (χ4v) is 4.32. The summed E-state index contributed by atoms with van der Waals surface area (Å²) in [5, 5.41) is 18.6. The average molecular weight is 558 g/mol. The Balaban J connectivity index is 1.79. The smallest absolute Gasteiger partial charge is 0.326 e. The van der Waals surface area contributed by atoms with Crippen molar-refractivity contribution in [3.05, 3.63) is 54.2 Å². The number of rotatable bonds is 14. The number of nitrogens with one attached hydrogen (secondary N) is 5. The van der Waals surface area contributed by atoms with Gasteiger partial charge in [0.15, 0.2) is 0 Å². The zero-order valence-electron chi connectivity index (χ0n) is 21.8. The molecule has 4 atom stereocenters. The van der Waals surface area contributed by atoms with Gasteiger partial charge in [-0.3, -0.25) is 14.4 Å². The standard InChI is InChI=1S/C26H35N7O5S/c1-14(2)7-20(31-23(34)18(27)12-39)24(35)32-21(9-16-11-28-13-30-16)25(36)33-22(26(37)38)8-15-10-29-19-6-4-3-5-17(15)19/h3-6,10-11,13-14,18,20-22,29,39H,7-9,12,27H2,1-2H3,(H,28,30)(H,31,34)(H,32,35)(H,33,36)(H,37,38). The summed E-state index contributed by atoms with van der Waals surface area (Å²) in [6.45, 7) is 3.78. The molecule has 0 spiro atoms. The van der Waals surface area contributed by atoms with E-state index in [1.54, 1.807) is 6.20 Å². The van der Waals surface area contributed by atoms with Crippen LogP contribution in [-0.2, 0) is 32.0 Å². The lowest BCUT2D eigenvalue weighted by molar-refractivity contribution is -0.142. The second-order valence-electron chi connectivity index (χ2n) is 9.78. The van der Waals surface area contributed by atoms with Gasteiger partial charge in [0.25, 0.3) is 0 Å². The molecular formula is C26H35N7O5S. The minimum Gasteiger partial charge on any atom is -0.480 e. The molecule has 8 N–H and O–H groups in total. The third kappa shape index (κ3) is 8.32. The number of aromatic amines is 2. The van der Waals surface area contributed by atoms with Gasteiger partial charge in [0.1, 0.15) is 18.1 Å². The number of carboxylic acids is 1. The molecule has 0 aliphatic rings. The first-order valence-electron chi connectivity index (χ1n) is 12.6. The third-order valence-electron chi connectivity index (χ3n) is 6.20. The summed E-state index contributed by atoms with van der Waals surface area (Å²) in [5.74, 6) is -2.89. The SMILES string of the molecule is CC(C)CC(NC(=O)C(N)CS)C(=O)NC(Cc1cnc[nH]1)C(=O)NC(Cc1c[nH]c2ccccc12)C(=O)O. The lowest BCUT2D eigenvalue weighted by atomic mass is 10.0. The zero-order chi connectivity index (χ0) is 28.5. The van der Waals surface area contributed by atoms with Gasteiger partial charge < -0.3 is 36.8 Å². The van der Waals surface area contributed by atoms with Crippen molar-refractivity contribution in [2.75, 3.05) is 5.75 Å². The minimum absolute atomic E-state index is 0.0233. The Morgan fingerprint density at radius 3 is 2.28 bits per heavy atom. The number of carbonyl (C=O) groups excluding carboxylic acids is 3. The quantitative estimate of drug-likeness (QED) is 0.132. The van der Waals surface area contributed by atoms with E-state index in [2.05, 4.69) is 43.5 Å². The summed E-state index contributed by atoms with van der Waals surface area (Å²) >= 11 is 4.03. The Bertz CT molecular complexity index is 1280. The molecule has 3 rings (SSSR count). The molecule has 3 amide bonds. The van der Waals surface area contributed by atoms with E-state index in [0.29, 0.717) is 12.1 Å². The number of nitrogens with zero attached hydrogens (tertiary/aromatic N) is 1. The molecule has 39 heavy (non-hydrogen) atoms. The van der Waals surface area contributed by atoms with Gasteiger partial charge in [-0.2, -0.15) is 12.6 Å². The van der Waals surface area contributed by atoms with Crippen molar-refractivity contribution in [2.45, 2.75) is 57.3 Å². The number of hydrogen-bond acceptors (Lipinski definition) is 7. The number of carboxylic acid groups (broad SMARTS) is 1. The van der Waals surface area contributed by atoms with Gasteiger partial charge >= 0.3 is 5.97 Å². The monoisotopic (exact) mass is 557 g/mol. The second-order valence-corrected chi connectivity index (χ2v) is 10.2. The molecule has 0 bridgehead atoms. The maximum Gasteiger partial charge on any atom is 0.326 e. The van der Waals surface area contributed by atoms with E-state index in [1.165, 1.54) is 12.5 Å². The van der Waals surface area contributed by atoms with Crippen LogP contribution in [0.2, 0.25) is 0 Å². The van der Waals surface area contributed by atoms with Crippen LogP contribution >= 0.6 is 12.6 Å². The second kappa shape index (κ2) is 13.8. The van der Waals surface area contributed by atoms with E-state index in [-0.39, 0.29) is 24.5 Å². The topological polar surface area (TPSA) is 195 Å². The zero-order valence-corrected chi connectivity index (χ0v) is 22.7. The van der Waals surface area contributed by atoms with Gasteiger partial charge in [-0.1, -0.05) is 32.0 Å². The minimum atomic E-state index is -1.25. The van der Waals surface area contributed by atoms with Crippen molar-refractivity contribution in [3.63, 3.8) is 0 Å². The molecule has 0 aliphatic carbocycles. The highest BCUT2D eigenvalue weighted by molar-refractivity contribution is 7.80. The number of aromatic nitrogens is 3. The number of carbonyl (C=O) groups is 4. The Morgan fingerprint density at radius 2 is 1.64 bits per heavy atom. The number of aliphatic carboxylic acids is 1. The van der Waals surface area contributed by atoms with E-state index in [0.717, 1.165) is 16.5 Å². The maximum atomic E-state index is 13.4. The average Bonchev–Trinajstić information content (AvgIpc) is 3.56. The molecule has 0 aliphatic heterocycles. The van der Waals surface area contributed by atoms with Gasteiger partial charge in [-0.25, -0.2) is 9.78 Å². The normalized spacial score (nSPS) is 14.4. The molecule has 2 heterocycles. The van der Waals surface area contributed by atoms with Gasteiger partial charge in [0, 0.05) is 47.6 Å². The van der Waals surface area contributed by atoms with Gasteiger partial charge in [0.2, 0.25) is 17.7 Å². The predicted octanol–water partition coefficient (Wildman–Crippen LogP) is 0.518. The van der Waals surface area contributed by atoms with E-state index >= 15 is 0 Å². The molecule has 210 valence electrons. The summed E-state index contributed by atoms with van der Waals surface area (Å²) < 4.78 is 0. The van der Waals surface area contributed by atoms with E-state index in [1.807, 2.05) is 38.1 Å². The van der Waals surface area contributed by atoms with Crippen molar-refractivity contribution >= 4 is 47.2 Å². The highest BCUT2D eigenvalue weighted by atomic mass is 32.1. The molecule has 13 heteroatoms. The van der Waals surface area contributed by atoms with Crippen LogP contribution in [0.15, 0.2) is 43.0 Å². The van der Waals surface area contributed by atoms with Crippen LogP contribution in [0.5, 0.6) is 0 Å². The highest BCUT2D eigenvalue weighted by Crippen LogP contribution is 2.19. The predicted molar refractivity (Wildman–Crippen MR) is 149 cm³/mol. The Hall–Kier alpha value is -3.84. The molecule has 4 unspecified atom stereocenters. The Kier molecular flexibility index (Phi) is 10.5. The molecule has 0 saturated heterocycles. The van der Waals surface area contributed by atoms with Crippen LogP contribution in [-0.4, -0.2) is 73.7 Å². The van der Waals surface area contributed by atoms with Crippen LogP contribution < -0.4 is 21.7 Å². The molecule has 0 radical (unpaired) electrons. The number of nitrogens with two attached hydrogens (primary N) is 1. The third-order valence-corrected chi connectivity index (χ3v) is 6.59. The molecule has 0 fully saturated rings. The summed E-state index contributed by atoms with van der Waals surface area (Å²) in [7, 11) is 0. The summed E-state index contributed by atoms with van der Waals surface area (Å²) in [6, 6.07) is 3.19. The summed E-state index contributed by atoms with van der Waals surface area (Å²) in [6.07, 6.45) is 5.01. The number of hydrogen-bond donors (Lipinski definition) is 8. The van der Waals surface area contributed by atoms with E-state index in [9.17, 15) is 24.3 Å². The van der Waals surface area contributed by atoms with Crippen molar-refractivity contribution in [1.29, 1.82) is 0 Å². The largest absolute Gasteiger partial charge is 0.480 e. The van der Waals surface area contributed by atoms with Crippen LogP contribution in [0.25, 0.3) is 10.9 Å². The van der Waals surface area contributed by atoms with E-state index in [4.69, 9.17) is 5.73 Å². The van der Waals surface area contributed by atoms with Crippen molar-refractivity contribution in [2.24, 2.45) is 11.7 Å². The van der Waals surface area contributed by atoms with Crippen LogP contribution in [0.4, 0.5) is 0 Å². The molecule has 0 saturated carbocycles. The van der Waals surface area contributed by atoms with Gasteiger partial charge in [0.05, 0.1) is 12.4 Å². The summed E-state index contributed by atoms with van der Waals surface area (Å²) in [5.41, 5.74) is 7.89. The van der Waals surface area contributed by atoms with Gasteiger partial charge in [-0.05, 0) is 24.0 Å². The molecule has 3 aromatic rings. The molecule has 2 aromatic heterocycles. The van der Waals surface area contributed by atoms with Gasteiger partial charge in [-0.15, -0.1) is 0 Å². The molecular weight excluding hydrogens is 522 g/mol. The first-order valence-corrected chi connectivity index (χ1v) is 13.2. The molecule has 12 nitrogen and oxygen atoms in total. The molecule has 1 aromatic carbocycles. The number of fused-ring (bicyclic) bond motifs is 1. The van der Waals surface area contributed by atoms with Crippen molar-refractivity contribution in [3.8, 4) is 0 Å². The number of amides is 3. The van der Waals surface area contributed by atoms with Crippen molar-refractivity contribution in [1.82, 2.24) is 30.9 Å². The summed E-state index contributed by atoms with van der Waals surface area (Å²) in [4.78, 5) is 61.1. The first kappa shape index (κ1) is 29.7. The number of thiol groups is 1. The fraction of sp³-hybridized carbons (Fsp3) is 0.423. The Labute approximate surface area is 231 Å². The lowest BCUT2D eigenvalue weighted by Crippen LogP contribution is -2.58.